The molecule has 5 rings (SSSR count). The topological polar surface area (TPSA) is 41.5 Å². The van der Waals surface area contributed by atoms with Gasteiger partial charge in [0.05, 0.1) is 12.2 Å². The number of aromatic nitrogens is 2. The third kappa shape index (κ3) is 9.06. The van der Waals surface area contributed by atoms with Crippen molar-refractivity contribution in [2.24, 2.45) is 0 Å². The van der Waals surface area contributed by atoms with E-state index in [0.29, 0.717) is 6.61 Å². The molecule has 2 heterocycles. The molecule has 1 aromatic heterocycles. The first-order chi connectivity index (χ1) is 21.0. The maximum atomic E-state index is 6.29. The number of ether oxygens (including phenoxy) is 1. The van der Waals surface area contributed by atoms with Crippen LogP contribution in [0.2, 0.25) is 0 Å². The fraction of sp³-hybridized carbons (Fsp3) is 0.432. The van der Waals surface area contributed by atoms with Crippen LogP contribution in [0.1, 0.15) is 77.6 Å². The predicted molar refractivity (Wildman–Crippen MR) is 191 cm³/mol. The van der Waals surface area contributed by atoms with Crippen molar-refractivity contribution in [3.05, 3.63) is 83.6 Å². The number of nitrogens with zero attached hydrogens (tertiary/aromatic N) is 4. The lowest BCUT2D eigenvalue weighted by atomic mass is 10.0. The maximum absolute atomic E-state index is 6.29. The number of hydrogen-bond donors (Lipinski definition) is 0. The minimum absolute atomic E-state index is 0.252. The Kier molecular flexibility index (Phi) is 14.0. The Morgan fingerprint density at radius 2 is 1.56 bits per heavy atom. The van der Waals surface area contributed by atoms with Crippen LogP contribution in [-0.2, 0) is 19.6 Å². The van der Waals surface area contributed by atoms with Gasteiger partial charge in [0.15, 0.2) is 5.16 Å². The zero-order valence-corrected chi connectivity index (χ0v) is 28.3. The molecule has 43 heavy (non-hydrogen) atoms. The molecule has 1 aliphatic heterocycles. The number of anilines is 2. The summed E-state index contributed by atoms with van der Waals surface area (Å²) in [4.78, 5) is 15.1. The highest BCUT2D eigenvalue weighted by Gasteiger charge is 2.26. The number of rotatable bonds is 10. The summed E-state index contributed by atoms with van der Waals surface area (Å²) in [7, 11) is -0.252. The van der Waals surface area contributed by atoms with Crippen LogP contribution < -0.4 is 14.5 Å². The van der Waals surface area contributed by atoms with Gasteiger partial charge < -0.3 is 14.5 Å². The summed E-state index contributed by atoms with van der Waals surface area (Å²) in [6.07, 6.45) is 6.48. The van der Waals surface area contributed by atoms with Gasteiger partial charge >= 0.3 is 0 Å². The molecule has 0 spiro atoms. The van der Waals surface area contributed by atoms with E-state index in [1.54, 1.807) is 0 Å². The Bertz CT molecular complexity index is 1430. The number of fused-ring (bicyclic) bond motifs is 2. The van der Waals surface area contributed by atoms with Crippen LogP contribution in [0.15, 0.2) is 71.9 Å². The quantitative estimate of drug-likeness (QED) is 0.134. The van der Waals surface area contributed by atoms with Crippen molar-refractivity contribution < 1.29 is 4.74 Å². The van der Waals surface area contributed by atoms with E-state index in [9.17, 15) is 0 Å². The lowest BCUT2D eigenvalue weighted by molar-refractivity contribution is 0.306. The third-order valence-electron chi connectivity index (χ3n) is 7.02. The first-order valence-corrected chi connectivity index (χ1v) is 17.8. The van der Waals surface area contributed by atoms with Gasteiger partial charge in [0.2, 0.25) is 0 Å². The van der Waals surface area contributed by atoms with Crippen LogP contribution in [0.4, 0.5) is 11.5 Å². The minimum Gasteiger partial charge on any atom is -0.489 e. The second kappa shape index (κ2) is 17.7. The first kappa shape index (κ1) is 34.1. The molecule has 0 amide bonds. The van der Waals surface area contributed by atoms with Gasteiger partial charge in [0, 0.05) is 42.3 Å². The molecule has 1 unspecified atom stereocenters. The van der Waals surface area contributed by atoms with Gasteiger partial charge in [0.1, 0.15) is 18.2 Å². The smallest absolute Gasteiger partial charge is 0.183 e. The summed E-state index contributed by atoms with van der Waals surface area (Å²) in [5.74, 6) is 6.30. The standard InChI is InChI=1S/C32H38N4OS.C3H8.C2H6/c1-5-17-35(18-6-2)31-28-16-19-36(22-29(28)33-32(34-31)38(3)4)30-21-26(20-25-14-10-11-15-27(25)30)37-23-24-12-8-7-9-13-24;1-3-2;1-2/h7-15,20-21H,3,5-6,16-19,22-23H2,1-2,4H3;3H2,1-2H3;1-2H3. The van der Waals surface area contributed by atoms with Crippen LogP contribution in [0.25, 0.3) is 10.8 Å². The number of benzene rings is 3. The summed E-state index contributed by atoms with van der Waals surface area (Å²) in [6, 6.07) is 23.3. The van der Waals surface area contributed by atoms with Crippen molar-refractivity contribution in [2.75, 3.05) is 35.7 Å². The second-order valence-corrected chi connectivity index (χ2v) is 12.3. The molecule has 0 saturated carbocycles. The molecule has 1 atom stereocenters. The van der Waals surface area contributed by atoms with Crippen LogP contribution >= 0.6 is 10.5 Å². The molecule has 0 bridgehead atoms. The van der Waals surface area contributed by atoms with Gasteiger partial charge in [0.25, 0.3) is 0 Å². The highest BCUT2D eigenvalue weighted by molar-refractivity contribution is 8.13. The van der Waals surface area contributed by atoms with Crippen molar-refractivity contribution >= 4 is 38.6 Å². The summed E-state index contributed by atoms with van der Waals surface area (Å²) in [5.41, 5.74) is 4.80. The molecule has 0 aliphatic carbocycles. The van der Waals surface area contributed by atoms with Gasteiger partial charge in [-0.3, -0.25) is 0 Å². The normalized spacial score (nSPS) is 12.8. The van der Waals surface area contributed by atoms with Gasteiger partial charge in [-0.25, -0.2) is 9.97 Å². The van der Waals surface area contributed by atoms with Crippen LogP contribution in [0.5, 0.6) is 5.75 Å². The van der Waals surface area contributed by atoms with E-state index in [1.165, 1.54) is 28.4 Å². The number of hydrogen-bond acceptors (Lipinski definition) is 5. The Labute approximate surface area is 263 Å². The molecule has 4 aromatic rings. The average Bonchev–Trinajstić information content (AvgIpc) is 3.04. The zero-order chi connectivity index (χ0) is 31.2. The first-order valence-electron chi connectivity index (χ1n) is 16.0. The third-order valence-corrected chi connectivity index (χ3v) is 7.83. The minimum atomic E-state index is -0.252. The van der Waals surface area contributed by atoms with E-state index in [-0.39, 0.29) is 10.5 Å². The largest absolute Gasteiger partial charge is 0.489 e. The van der Waals surface area contributed by atoms with E-state index in [1.807, 2.05) is 19.9 Å². The van der Waals surface area contributed by atoms with E-state index in [4.69, 9.17) is 14.7 Å². The van der Waals surface area contributed by atoms with Crippen molar-refractivity contribution in [1.29, 1.82) is 0 Å². The Hall–Kier alpha value is -3.38. The van der Waals surface area contributed by atoms with E-state index in [0.717, 1.165) is 73.4 Å². The molecule has 3 aromatic carbocycles. The van der Waals surface area contributed by atoms with Gasteiger partial charge in [-0.05, 0) is 42.5 Å². The monoisotopic (exact) mass is 600 g/mol. The molecule has 0 N–H and O–H groups in total. The highest BCUT2D eigenvalue weighted by Crippen LogP contribution is 2.37. The molecule has 0 saturated heterocycles. The Balaban J connectivity index is 0.000000953. The SMILES string of the molecule is C=S(C)c1nc2c(c(N(CCC)CCC)n1)CCN(c1cc(OCc3ccccc3)cc3ccccc13)C2.CC.CCC. The molecule has 232 valence electrons. The summed E-state index contributed by atoms with van der Waals surface area (Å²) < 4.78 is 6.29. The molecule has 0 fully saturated rings. The van der Waals surface area contributed by atoms with Gasteiger partial charge in [-0.15, -0.1) is 10.5 Å². The highest BCUT2D eigenvalue weighted by atomic mass is 32.2. The maximum Gasteiger partial charge on any atom is 0.183 e. The molecular formula is C37H52N4OS. The fourth-order valence-corrected chi connectivity index (χ4v) is 5.73. The lowest BCUT2D eigenvalue weighted by Gasteiger charge is -2.34. The molecular weight excluding hydrogens is 549 g/mol. The summed E-state index contributed by atoms with van der Waals surface area (Å²) in [6.45, 7) is 17.0. The fourth-order valence-electron chi connectivity index (χ4n) is 5.22. The predicted octanol–water partition coefficient (Wildman–Crippen LogP) is 9.53. The van der Waals surface area contributed by atoms with Crippen molar-refractivity contribution in [3.63, 3.8) is 0 Å². The van der Waals surface area contributed by atoms with Crippen molar-refractivity contribution in [2.45, 2.75) is 85.5 Å². The molecule has 0 radical (unpaired) electrons. The van der Waals surface area contributed by atoms with Crippen molar-refractivity contribution in [1.82, 2.24) is 9.97 Å². The van der Waals surface area contributed by atoms with E-state index < -0.39 is 0 Å². The lowest BCUT2D eigenvalue weighted by Crippen LogP contribution is -2.35. The summed E-state index contributed by atoms with van der Waals surface area (Å²) in [5, 5.41) is 3.29. The van der Waals surface area contributed by atoms with Crippen LogP contribution in [0.3, 0.4) is 0 Å². The van der Waals surface area contributed by atoms with E-state index >= 15 is 0 Å². The molecule has 6 heteroatoms. The van der Waals surface area contributed by atoms with Gasteiger partial charge in [-0.1, -0.05) is 108 Å². The summed E-state index contributed by atoms with van der Waals surface area (Å²) >= 11 is 0. The Morgan fingerprint density at radius 1 is 0.907 bits per heavy atom. The van der Waals surface area contributed by atoms with Crippen molar-refractivity contribution in [3.8, 4) is 5.75 Å². The zero-order valence-electron chi connectivity index (χ0n) is 27.5. The molecule has 5 nitrogen and oxygen atoms in total. The van der Waals surface area contributed by atoms with Crippen LogP contribution in [-0.4, -0.2) is 41.7 Å². The van der Waals surface area contributed by atoms with Gasteiger partial charge in [-0.2, -0.15) is 0 Å². The Morgan fingerprint density at radius 3 is 2.21 bits per heavy atom. The van der Waals surface area contributed by atoms with Crippen LogP contribution in [0, 0.1) is 0 Å². The molecule has 1 aliphatic rings. The average molecular weight is 601 g/mol. The van der Waals surface area contributed by atoms with E-state index in [2.05, 4.69) is 110 Å². The second-order valence-electron chi connectivity index (χ2n) is 10.7.